The van der Waals surface area contributed by atoms with Gasteiger partial charge in [-0.2, -0.15) is 0 Å². The summed E-state index contributed by atoms with van der Waals surface area (Å²) < 4.78 is 37.7. The minimum atomic E-state index is -3.47. The molecule has 0 radical (unpaired) electrons. The van der Waals surface area contributed by atoms with Crippen molar-refractivity contribution in [3.63, 3.8) is 0 Å². The van der Waals surface area contributed by atoms with Crippen molar-refractivity contribution in [3.05, 3.63) is 23.8 Å². The van der Waals surface area contributed by atoms with Crippen LogP contribution in [0.2, 0.25) is 0 Å². The monoisotopic (exact) mass is 299 g/mol. The molecular weight excluding hydrogens is 278 g/mol. The molecular formula is C14H21NO4S. The highest BCUT2D eigenvalue weighted by Crippen LogP contribution is 2.21. The number of ether oxygens (including phenoxy) is 2. The summed E-state index contributed by atoms with van der Waals surface area (Å²) >= 11 is 0. The summed E-state index contributed by atoms with van der Waals surface area (Å²) in [4.78, 5) is 0.297. The molecule has 6 heteroatoms. The fourth-order valence-corrected chi connectivity index (χ4v) is 3.63. The molecule has 0 aliphatic carbocycles. The molecule has 1 N–H and O–H groups in total. The van der Waals surface area contributed by atoms with Crippen molar-refractivity contribution in [1.29, 1.82) is 0 Å². The number of benzene rings is 1. The largest absolute Gasteiger partial charge is 0.497 e. The maximum absolute atomic E-state index is 12.2. The van der Waals surface area contributed by atoms with Crippen LogP contribution >= 0.6 is 0 Å². The Morgan fingerprint density at radius 1 is 1.45 bits per heavy atom. The molecule has 1 fully saturated rings. The second kappa shape index (κ2) is 6.56. The van der Waals surface area contributed by atoms with Crippen molar-refractivity contribution in [2.45, 2.75) is 37.2 Å². The first-order chi connectivity index (χ1) is 9.53. The van der Waals surface area contributed by atoms with Crippen LogP contribution in [0.25, 0.3) is 0 Å². The van der Waals surface area contributed by atoms with Crippen LogP contribution in [0.4, 0.5) is 0 Å². The summed E-state index contributed by atoms with van der Waals surface area (Å²) in [6.45, 7) is 2.95. The third-order valence-corrected chi connectivity index (χ3v) is 5.08. The lowest BCUT2D eigenvalue weighted by atomic mass is 10.2. The van der Waals surface area contributed by atoms with E-state index in [4.69, 9.17) is 9.47 Å². The summed E-state index contributed by atoms with van der Waals surface area (Å²) in [5, 5.41) is 0. The Kier molecular flexibility index (Phi) is 5.01. The summed E-state index contributed by atoms with van der Waals surface area (Å²) in [6.07, 6.45) is 2.99. The Hall–Kier alpha value is -1.11. The number of methoxy groups -OCH3 is 1. The van der Waals surface area contributed by atoms with Gasteiger partial charge in [-0.3, -0.25) is 0 Å². The zero-order chi connectivity index (χ0) is 14.6. The van der Waals surface area contributed by atoms with Gasteiger partial charge in [-0.05, 0) is 49.9 Å². The number of rotatable bonds is 6. The van der Waals surface area contributed by atoms with Crippen LogP contribution in [0.3, 0.4) is 0 Å². The molecule has 112 valence electrons. The van der Waals surface area contributed by atoms with Crippen molar-refractivity contribution in [2.24, 2.45) is 0 Å². The van der Waals surface area contributed by atoms with Crippen LogP contribution in [-0.2, 0) is 14.8 Å². The molecule has 0 saturated carbocycles. The highest BCUT2D eigenvalue weighted by molar-refractivity contribution is 7.89. The van der Waals surface area contributed by atoms with Crippen LogP contribution < -0.4 is 9.46 Å². The Balaban J connectivity index is 1.98. The van der Waals surface area contributed by atoms with E-state index in [-0.39, 0.29) is 6.10 Å². The summed E-state index contributed by atoms with van der Waals surface area (Å²) in [5.74, 6) is 0.654. The van der Waals surface area contributed by atoms with Gasteiger partial charge in [-0.25, -0.2) is 13.1 Å². The first-order valence-corrected chi connectivity index (χ1v) is 8.27. The van der Waals surface area contributed by atoms with Crippen molar-refractivity contribution < 1.29 is 17.9 Å². The molecule has 0 aromatic heterocycles. The predicted octanol–water partition coefficient (Wildman–Crippen LogP) is 1.85. The second-order valence-corrected chi connectivity index (χ2v) is 6.69. The Morgan fingerprint density at radius 2 is 2.25 bits per heavy atom. The normalized spacial score (nSPS) is 19.2. The van der Waals surface area contributed by atoms with Gasteiger partial charge in [0, 0.05) is 13.2 Å². The SMILES string of the molecule is COc1ccc(S(=O)(=O)NCCC2CCCO2)c(C)c1. The Morgan fingerprint density at radius 3 is 2.85 bits per heavy atom. The minimum Gasteiger partial charge on any atom is -0.497 e. The molecule has 1 saturated heterocycles. The second-order valence-electron chi connectivity index (χ2n) is 4.95. The maximum Gasteiger partial charge on any atom is 0.240 e. The minimum absolute atomic E-state index is 0.190. The molecule has 0 bridgehead atoms. The van der Waals surface area contributed by atoms with Crippen molar-refractivity contribution >= 4 is 10.0 Å². The van der Waals surface area contributed by atoms with Crippen LogP contribution in [0, 0.1) is 6.92 Å². The first-order valence-electron chi connectivity index (χ1n) is 6.79. The van der Waals surface area contributed by atoms with Gasteiger partial charge in [0.1, 0.15) is 5.75 Å². The molecule has 1 aromatic rings. The third kappa shape index (κ3) is 3.71. The van der Waals surface area contributed by atoms with E-state index in [2.05, 4.69) is 4.72 Å². The lowest BCUT2D eigenvalue weighted by molar-refractivity contribution is 0.105. The van der Waals surface area contributed by atoms with Gasteiger partial charge in [0.15, 0.2) is 0 Å². The zero-order valence-electron chi connectivity index (χ0n) is 11.9. The van der Waals surface area contributed by atoms with Crippen molar-refractivity contribution in [2.75, 3.05) is 20.3 Å². The molecule has 1 aliphatic rings. The van der Waals surface area contributed by atoms with E-state index in [1.807, 2.05) is 0 Å². The quantitative estimate of drug-likeness (QED) is 0.870. The highest BCUT2D eigenvalue weighted by Gasteiger charge is 2.19. The van der Waals surface area contributed by atoms with Gasteiger partial charge >= 0.3 is 0 Å². The highest BCUT2D eigenvalue weighted by atomic mass is 32.2. The Labute approximate surface area is 120 Å². The van der Waals surface area contributed by atoms with Gasteiger partial charge in [0.25, 0.3) is 0 Å². The van der Waals surface area contributed by atoms with Crippen LogP contribution in [0.5, 0.6) is 5.75 Å². The summed E-state index contributed by atoms with van der Waals surface area (Å²) in [6, 6.07) is 4.94. The molecule has 1 atom stereocenters. The standard InChI is InChI=1S/C14H21NO4S/c1-11-10-13(18-2)5-6-14(11)20(16,17)15-8-7-12-4-3-9-19-12/h5-6,10,12,15H,3-4,7-9H2,1-2H3. The fraction of sp³-hybridized carbons (Fsp3) is 0.571. The number of hydrogen-bond acceptors (Lipinski definition) is 4. The number of aryl methyl sites for hydroxylation is 1. The van der Waals surface area contributed by atoms with E-state index in [1.54, 1.807) is 32.2 Å². The van der Waals surface area contributed by atoms with Gasteiger partial charge in [0.05, 0.1) is 18.1 Å². The van der Waals surface area contributed by atoms with Crippen LogP contribution in [0.15, 0.2) is 23.1 Å². The molecule has 5 nitrogen and oxygen atoms in total. The molecule has 2 rings (SSSR count). The average molecular weight is 299 g/mol. The molecule has 1 aromatic carbocycles. The predicted molar refractivity (Wildman–Crippen MR) is 76.5 cm³/mol. The fourth-order valence-electron chi connectivity index (χ4n) is 2.35. The Bertz CT molecular complexity index is 550. The third-order valence-electron chi connectivity index (χ3n) is 3.45. The van der Waals surface area contributed by atoms with E-state index < -0.39 is 10.0 Å². The lowest BCUT2D eigenvalue weighted by Gasteiger charge is -2.12. The molecule has 20 heavy (non-hydrogen) atoms. The number of sulfonamides is 1. The smallest absolute Gasteiger partial charge is 0.240 e. The van der Waals surface area contributed by atoms with Crippen LogP contribution in [-0.4, -0.2) is 34.8 Å². The van der Waals surface area contributed by atoms with Gasteiger partial charge in [-0.15, -0.1) is 0 Å². The summed E-state index contributed by atoms with van der Waals surface area (Å²) in [5.41, 5.74) is 0.675. The van der Waals surface area contributed by atoms with Gasteiger partial charge in [0.2, 0.25) is 10.0 Å². The molecule has 1 heterocycles. The van der Waals surface area contributed by atoms with E-state index >= 15 is 0 Å². The van der Waals surface area contributed by atoms with E-state index in [0.717, 1.165) is 19.4 Å². The molecule has 1 aliphatic heterocycles. The van der Waals surface area contributed by atoms with E-state index in [9.17, 15) is 8.42 Å². The maximum atomic E-state index is 12.2. The average Bonchev–Trinajstić information content (AvgIpc) is 2.91. The topological polar surface area (TPSA) is 64.6 Å². The van der Waals surface area contributed by atoms with E-state index in [0.29, 0.717) is 29.2 Å². The summed E-state index contributed by atoms with van der Waals surface area (Å²) in [7, 11) is -1.91. The zero-order valence-corrected chi connectivity index (χ0v) is 12.7. The first kappa shape index (κ1) is 15.3. The van der Waals surface area contributed by atoms with Gasteiger partial charge < -0.3 is 9.47 Å². The number of hydrogen-bond donors (Lipinski definition) is 1. The molecule has 0 amide bonds. The van der Waals surface area contributed by atoms with Crippen LogP contribution in [0.1, 0.15) is 24.8 Å². The molecule has 0 spiro atoms. The van der Waals surface area contributed by atoms with Gasteiger partial charge in [-0.1, -0.05) is 0 Å². The van der Waals surface area contributed by atoms with Crippen molar-refractivity contribution in [3.8, 4) is 5.75 Å². The van der Waals surface area contributed by atoms with E-state index in [1.165, 1.54) is 0 Å². The number of nitrogens with one attached hydrogen (secondary N) is 1. The lowest BCUT2D eigenvalue weighted by Crippen LogP contribution is -2.27. The van der Waals surface area contributed by atoms with Crippen molar-refractivity contribution in [1.82, 2.24) is 4.72 Å². The molecule has 1 unspecified atom stereocenters.